The maximum absolute atomic E-state index is 13.2. The Kier molecular flexibility index (Phi) is 2.03. The molecular weight excluding hydrogens is 191 g/mol. The summed E-state index contributed by atoms with van der Waals surface area (Å²) in [5.74, 6) is -2.85. The van der Waals surface area contributed by atoms with Gasteiger partial charge in [-0.1, -0.05) is 0 Å². The molecule has 0 aliphatic heterocycles. The molecule has 2 rings (SSSR count). The lowest BCUT2D eigenvalue weighted by Crippen LogP contribution is -2.26. The van der Waals surface area contributed by atoms with E-state index in [4.69, 9.17) is 5.73 Å². The van der Waals surface area contributed by atoms with Crippen LogP contribution in [-0.4, -0.2) is 5.54 Å². The molecule has 0 saturated heterocycles. The summed E-state index contributed by atoms with van der Waals surface area (Å²) >= 11 is 0. The zero-order chi connectivity index (χ0) is 10.3. The summed E-state index contributed by atoms with van der Waals surface area (Å²) in [5.41, 5.74) is 4.96. The van der Waals surface area contributed by atoms with Crippen LogP contribution in [0.3, 0.4) is 0 Å². The Morgan fingerprint density at radius 2 is 1.71 bits per heavy atom. The molecule has 76 valence electrons. The van der Waals surface area contributed by atoms with E-state index < -0.39 is 23.0 Å². The minimum atomic E-state index is -1.11. The van der Waals surface area contributed by atoms with Gasteiger partial charge in [0.1, 0.15) is 5.82 Å². The first-order valence-corrected chi connectivity index (χ1v) is 4.43. The van der Waals surface area contributed by atoms with Gasteiger partial charge in [0.05, 0.1) is 0 Å². The van der Waals surface area contributed by atoms with Crippen molar-refractivity contribution in [1.82, 2.24) is 0 Å². The Morgan fingerprint density at radius 3 is 2.29 bits per heavy atom. The predicted octanol–water partition coefficient (Wildman–Crippen LogP) is 2.14. The van der Waals surface area contributed by atoms with E-state index in [1.54, 1.807) is 0 Å². The molecule has 4 heteroatoms. The van der Waals surface area contributed by atoms with Gasteiger partial charge in [-0.05, 0) is 31.4 Å². The van der Waals surface area contributed by atoms with Crippen LogP contribution in [0.4, 0.5) is 13.2 Å². The molecule has 1 saturated carbocycles. The second-order valence-corrected chi connectivity index (χ2v) is 3.86. The number of rotatable bonds is 2. The van der Waals surface area contributed by atoms with Gasteiger partial charge in [-0.25, -0.2) is 13.2 Å². The third-order valence-electron chi connectivity index (χ3n) is 2.56. The molecule has 0 spiro atoms. The van der Waals surface area contributed by atoms with Crippen molar-refractivity contribution in [1.29, 1.82) is 0 Å². The molecular formula is C10H10F3N. The molecule has 0 aromatic heterocycles. The Balaban J connectivity index is 2.35. The lowest BCUT2D eigenvalue weighted by atomic mass is 10.0. The first kappa shape index (κ1) is 9.52. The van der Waals surface area contributed by atoms with Crippen LogP contribution >= 0.6 is 0 Å². The van der Waals surface area contributed by atoms with Crippen molar-refractivity contribution >= 4 is 0 Å². The molecule has 14 heavy (non-hydrogen) atoms. The average molecular weight is 201 g/mol. The Labute approximate surface area is 79.7 Å². The molecule has 0 amide bonds. The van der Waals surface area contributed by atoms with Crippen molar-refractivity contribution in [2.24, 2.45) is 5.73 Å². The van der Waals surface area contributed by atoms with E-state index in [-0.39, 0.29) is 12.0 Å². The van der Waals surface area contributed by atoms with Gasteiger partial charge in [-0.2, -0.15) is 0 Å². The standard InChI is InChI=1S/C10H10F3N/c11-7-1-2-8(12)9(13)6(7)5-10(14)3-4-10/h1-2H,3-5,14H2. The summed E-state index contributed by atoms with van der Waals surface area (Å²) in [4.78, 5) is 0. The molecule has 1 aliphatic rings. The van der Waals surface area contributed by atoms with E-state index in [9.17, 15) is 13.2 Å². The molecule has 1 aliphatic carbocycles. The maximum Gasteiger partial charge on any atom is 0.164 e. The third-order valence-corrected chi connectivity index (χ3v) is 2.56. The summed E-state index contributed by atoms with van der Waals surface area (Å²) < 4.78 is 39.0. The number of nitrogens with two attached hydrogens (primary N) is 1. The van der Waals surface area contributed by atoms with Crippen LogP contribution in [0.2, 0.25) is 0 Å². The summed E-state index contributed by atoms with van der Waals surface area (Å²) in [6, 6.07) is 1.71. The monoisotopic (exact) mass is 201 g/mol. The van der Waals surface area contributed by atoms with Crippen LogP contribution in [0.1, 0.15) is 18.4 Å². The highest BCUT2D eigenvalue weighted by molar-refractivity contribution is 5.25. The quantitative estimate of drug-likeness (QED) is 0.729. The molecule has 1 fully saturated rings. The fourth-order valence-electron chi connectivity index (χ4n) is 1.42. The summed E-state index contributed by atoms with van der Waals surface area (Å²) in [5, 5.41) is 0. The normalized spacial score (nSPS) is 18.3. The topological polar surface area (TPSA) is 26.0 Å². The molecule has 0 atom stereocenters. The fraction of sp³-hybridized carbons (Fsp3) is 0.400. The highest BCUT2D eigenvalue weighted by Crippen LogP contribution is 2.36. The van der Waals surface area contributed by atoms with Gasteiger partial charge in [-0.3, -0.25) is 0 Å². The van der Waals surface area contributed by atoms with Crippen LogP contribution in [0.5, 0.6) is 0 Å². The number of benzene rings is 1. The van der Waals surface area contributed by atoms with Crippen molar-refractivity contribution in [3.63, 3.8) is 0 Å². The van der Waals surface area contributed by atoms with Crippen molar-refractivity contribution in [3.05, 3.63) is 35.1 Å². The SMILES string of the molecule is NC1(Cc2c(F)ccc(F)c2F)CC1. The minimum Gasteiger partial charge on any atom is -0.325 e. The lowest BCUT2D eigenvalue weighted by Gasteiger charge is -2.10. The summed E-state index contributed by atoms with van der Waals surface area (Å²) in [6.45, 7) is 0. The second-order valence-electron chi connectivity index (χ2n) is 3.86. The number of hydrogen-bond acceptors (Lipinski definition) is 1. The Bertz CT molecular complexity index is 372. The van der Waals surface area contributed by atoms with Gasteiger partial charge in [0, 0.05) is 11.1 Å². The third kappa shape index (κ3) is 1.62. The van der Waals surface area contributed by atoms with E-state index in [1.165, 1.54) is 0 Å². The average Bonchev–Trinajstić information content (AvgIpc) is 2.86. The van der Waals surface area contributed by atoms with Crippen LogP contribution < -0.4 is 5.73 Å². The Morgan fingerprint density at radius 1 is 1.14 bits per heavy atom. The molecule has 0 unspecified atom stereocenters. The van der Waals surface area contributed by atoms with E-state index in [0.717, 1.165) is 25.0 Å². The van der Waals surface area contributed by atoms with Gasteiger partial charge in [0.15, 0.2) is 11.6 Å². The number of hydrogen-bond donors (Lipinski definition) is 1. The van der Waals surface area contributed by atoms with Crippen LogP contribution in [-0.2, 0) is 6.42 Å². The molecule has 0 bridgehead atoms. The first-order valence-electron chi connectivity index (χ1n) is 4.43. The van der Waals surface area contributed by atoms with Crippen molar-refractivity contribution in [2.45, 2.75) is 24.8 Å². The van der Waals surface area contributed by atoms with Gasteiger partial charge < -0.3 is 5.73 Å². The van der Waals surface area contributed by atoms with E-state index in [1.807, 2.05) is 0 Å². The molecule has 2 N–H and O–H groups in total. The minimum absolute atomic E-state index is 0.0719. The van der Waals surface area contributed by atoms with Gasteiger partial charge in [0.2, 0.25) is 0 Å². The molecule has 1 aromatic carbocycles. The summed E-state index contributed by atoms with van der Waals surface area (Å²) in [7, 11) is 0. The van der Waals surface area contributed by atoms with Gasteiger partial charge >= 0.3 is 0 Å². The lowest BCUT2D eigenvalue weighted by molar-refractivity contribution is 0.469. The maximum atomic E-state index is 13.2. The highest BCUT2D eigenvalue weighted by Gasteiger charge is 2.39. The molecule has 0 heterocycles. The fourth-order valence-corrected chi connectivity index (χ4v) is 1.42. The zero-order valence-corrected chi connectivity index (χ0v) is 7.49. The molecule has 0 radical (unpaired) electrons. The van der Waals surface area contributed by atoms with Crippen LogP contribution in [0.15, 0.2) is 12.1 Å². The van der Waals surface area contributed by atoms with E-state index >= 15 is 0 Å². The van der Waals surface area contributed by atoms with Crippen LogP contribution in [0, 0.1) is 17.5 Å². The summed E-state index contributed by atoms with van der Waals surface area (Å²) in [6.07, 6.45) is 1.55. The number of halogens is 3. The van der Waals surface area contributed by atoms with Crippen LogP contribution in [0.25, 0.3) is 0 Å². The van der Waals surface area contributed by atoms with E-state index in [2.05, 4.69) is 0 Å². The highest BCUT2D eigenvalue weighted by atomic mass is 19.2. The van der Waals surface area contributed by atoms with E-state index in [0.29, 0.717) is 0 Å². The first-order chi connectivity index (χ1) is 6.52. The molecule has 1 nitrogen and oxygen atoms in total. The zero-order valence-electron chi connectivity index (χ0n) is 7.49. The van der Waals surface area contributed by atoms with Gasteiger partial charge in [0.25, 0.3) is 0 Å². The second kappa shape index (κ2) is 2.98. The van der Waals surface area contributed by atoms with Crippen molar-refractivity contribution in [2.75, 3.05) is 0 Å². The predicted molar refractivity (Wildman–Crippen MR) is 46.2 cm³/mol. The van der Waals surface area contributed by atoms with Crippen molar-refractivity contribution in [3.8, 4) is 0 Å². The van der Waals surface area contributed by atoms with Crippen molar-refractivity contribution < 1.29 is 13.2 Å². The molecule has 1 aromatic rings. The largest absolute Gasteiger partial charge is 0.325 e. The Hall–Kier alpha value is -1.03. The van der Waals surface area contributed by atoms with Gasteiger partial charge in [-0.15, -0.1) is 0 Å². The smallest absolute Gasteiger partial charge is 0.164 e.